The second-order valence-electron chi connectivity index (χ2n) is 4.45. The molecule has 1 aromatic rings. The van der Waals surface area contributed by atoms with Crippen molar-refractivity contribution in [2.75, 3.05) is 7.05 Å². The zero-order valence-electron chi connectivity index (χ0n) is 9.65. The molecule has 1 saturated carbocycles. The van der Waals surface area contributed by atoms with Gasteiger partial charge in [0.1, 0.15) is 0 Å². The van der Waals surface area contributed by atoms with Crippen LogP contribution in [-0.2, 0) is 11.3 Å². The third-order valence-electron chi connectivity index (χ3n) is 2.87. The van der Waals surface area contributed by atoms with Gasteiger partial charge in [-0.25, -0.2) is 0 Å². The average Bonchev–Trinajstić information content (AvgIpc) is 2.96. The van der Waals surface area contributed by atoms with Gasteiger partial charge in [0, 0.05) is 18.1 Å². The Morgan fingerprint density at radius 3 is 2.71 bits per heavy atom. The molecule has 2 N–H and O–H groups in total. The highest BCUT2D eigenvalue weighted by molar-refractivity contribution is 9.10. The molecule has 0 heterocycles. The lowest BCUT2D eigenvalue weighted by atomic mass is 10.2. The molecule has 1 fully saturated rings. The number of hydrogen-bond donors (Lipinski definition) is 1. The molecule has 17 heavy (non-hydrogen) atoms. The summed E-state index contributed by atoms with van der Waals surface area (Å²) in [7, 11) is 1.80. The van der Waals surface area contributed by atoms with Crippen LogP contribution in [0.1, 0.15) is 18.4 Å². The number of benzene rings is 1. The van der Waals surface area contributed by atoms with E-state index in [1.807, 2.05) is 24.3 Å². The molecule has 94 valence electrons. The highest BCUT2D eigenvalue weighted by Gasteiger charge is 2.47. The van der Waals surface area contributed by atoms with Crippen molar-refractivity contribution in [3.05, 3.63) is 34.3 Å². The van der Waals surface area contributed by atoms with E-state index < -0.39 is 5.54 Å². The van der Waals surface area contributed by atoms with Crippen LogP contribution in [0.3, 0.4) is 0 Å². The van der Waals surface area contributed by atoms with Gasteiger partial charge in [0.15, 0.2) is 0 Å². The third kappa shape index (κ3) is 3.44. The zero-order valence-corrected chi connectivity index (χ0v) is 12.1. The molecule has 0 atom stereocenters. The van der Waals surface area contributed by atoms with Gasteiger partial charge < -0.3 is 10.6 Å². The largest absolute Gasteiger partial charge is 0.340 e. The van der Waals surface area contributed by atoms with Gasteiger partial charge >= 0.3 is 0 Å². The molecule has 0 saturated heterocycles. The van der Waals surface area contributed by atoms with Crippen molar-refractivity contribution >= 4 is 34.2 Å². The van der Waals surface area contributed by atoms with E-state index in [0.29, 0.717) is 6.54 Å². The normalized spacial score (nSPS) is 15.9. The van der Waals surface area contributed by atoms with Crippen LogP contribution >= 0.6 is 28.3 Å². The van der Waals surface area contributed by atoms with Gasteiger partial charge in [0.25, 0.3) is 0 Å². The van der Waals surface area contributed by atoms with Crippen LogP contribution in [0, 0.1) is 0 Å². The van der Waals surface area contributed by atoms with E-state index in [4.69, 9.17) is 5.73 Å². The quantitative estimate of drug-likeness (QED) is 0.929. The average molecular weight is 320 g/mol. The molecular weight excluding hydrogens is 304 g/mol. The second-order valence-corrected chi connectivity index (χ2v) is 5.36. The van der Waals surface area contributed by atoms with E-state index in [9.17, 15) is 4.79 Å². The van der Waals surface area contributed by atoms with Crippen LogP contribution < -0.4 is 5.73 Å². The maximum Gasteiger partial charge on any atom is 0.242 e. The van der Waals surface area contributed by atoms with Crippen LogP contribution in [-0.4, -0.2) is 23.4 Å². The maximum absolute atomic E-state index is 11.9. The molecule has 0 unspecified atom stereocenters. The molecular formula is C12H16BrClN2O. The highest BCUT2D eigenvalue weighted by atomic mass is 79.9. The fourth-order valence-electron chi connectivity index (χ4n) is 1.71. The van der Waals surface area contributed by atoms with Crippen LogP contribution in [0.15, 0.2) is 28.7 Å². The summed E-state index contributed by atoms with van der Waals surface area (Å²) in [4.78, 5) is 13.6. The Kier molecular flexibility index (Phi) is 4.58. The lowest BCUT2D eigenvalue weighted by molar-refractivity contribution is -0.132. The number of nitrogens with zero attached hydrogens (tertiary/aromatic N) is 1. The summed E-state index contributed by atoms with van der Waals surface area (Å²) in [6.07, 6.45) is 1.63. The molecule has 0 bridgehead atoms. The highest BCUT2D eigenvalue weighted by Crippen LogP contribution is 2.34. The summed E-state index contributed by atoms with van der Waals surface area (Å²) in [6, 6.07) is 7.95. The lowest BCUT2D eigenvalue weighted by Gasteiger charge is -2.21. The molecule has 0 radical (unpaired) electrons. The molecule has 1 aliphatic rings. The summed E-state index contributed by atoms with van der Waals surface area (Å²) in [5, 5.41) is 0. The van der Waals surface area contributed by atoms with Gasteiger partial charge in [-0.05, 0) is 30.5 Å². The number of halogens is 2. The third-order valence-corrected chi connectivity index (χ3v) is 3.36. The first-order valence-corrected chi connectivity index (χ1v) is 6.09. The van der Waals surface area contributed by atoms with Gasteiger partial charge in [0.2, 0.25) is 5.91 Å². The van der Waals surface area contributed by atoms with Crippen LogP contribution in [0.4, 0.5) is 0 Å². The first kappa shape index (κ1) is 14.5. The van der Waals surface area contributed by atoms with Crippen molar-refractivity contribution in [3.8, 4) is 0 Å². The minimum Gasteiger partial charge on any atom is -0.340 e. The van der Waals surface area contributed by atoms with Gasteiger partial charge in [-0.3, -0.25) is 4.79 Å². The van der Waals surface area contributed by atoms with Crippen molar-refractivity contribution in [2.45, 2.75) is 24.9 Å². The topological polar surface area (TPSA) is 46.3 Å². The SMILES string of the molecule is CN(Cc1cccc(Br)c1)C(=O)C1(N)CC1.Cl. The molecule has 3 nitrogen and oxygen atoms in total. The van der Waals surface area contributed by atoms with Crippen molar-refractivity contribution in [2.24, 2.45) is 5.73 Å². The van der Waals surface area contributed by atoms with Gasteiger partial charge in [-0.15, -0.1) is 12.4 Å². The summed E-state index contributed by atoms with van der Waals surface area (Å²) in [6.45, 7) is 0.608. The summed E-state index contributed by atoms with van der Waals surface area (Å²) >= 11 is 3.41. The summed E-state index contributed by atoms with van der Waals surface area (Å²) < 4.78 is 1.03. The van der Waals surface area contributed by atoms with Crippen molar-refractivity contribution in [1.29, 1.82) is 0 Å². The van der Waals surface area contributed by atoms with Gasteiger partial charge in [0.05, 0.1) is 5.54 Å². The van der Waals surface area contributed by atoms with E-state index in [0.717, 1.165) is 22.9 Å². The number of carbonyl (C=O) groups is 1. The minimum atomic E-state index is -0.569. The van der Waals surface area contributed by atoms with Crippen molar-refractivity contribution < 1.29 is 4.79 Å². The van der Waals surface area contributed by atoms with Crippen LogP contribution in [0.5, 0.6) is 0 Å². The standard InChI is InChI=1S/C12H15BrN2O.ClH/c1-15(11(16)12(14)5-6-12)8-9-3-2-4-10(13)7-9;/h2-4,7H,5-6,8,14H2,1H3;1H. The summed E-state index contributed by atoms with van der Waals surface area (Å²) in [5.41, 5.74) is 6.41. The number of nitrogens with two attached hydrogens (primary N) is 1. The number of hydrogen-bond acceptors (Lipinski definition) is 2. The van der Waals surface area contributed by atoms with Crippen LogP contribution in [0.2, 0.25) is 0 Å². The number of rotatable bonds is 3. The fourth-order valence-corrected chi connectivity index (χ4v) is 2.16. The molecule has 0 aromatic heterocycles. The van der Waals surface area contributed by atoms with E-state index >= 15 is 0 Å². The van der Waals surface area contributed by atoms with Gasteiger partial charge in [-0.1, -0.05) is 28.1 Å². The van der Waals surface area contributed by atoms with Crippen LogP contribution in [0.25, 0.3) is 0 Å². The zero-order chi connectivity index (χ0) is 11.8. The molecule has 1 aliphatic carbocycles. The maximum atomic E-state index is 11.9. The van der Waals surface area contributed by atoms with Crippen molar-refractivity contribution in [3.63, 3.8) is 0 Å². The molecule has 0 aliphatic heterocycles. The fraction of sp³-hybridized carbons (Fsp3) is 0.417. The number of amides is 1. The van der Waals surface area contributed by atoms with E-state index in [2.05, 4.69) is 15.9 Å². The lowest BCUT2D eigenvalue weighted by Crippen LogP contribution is -2.43. The monoisotopic (exact) mass is 318 g/mol. The molecule has 1 amide bonds. The Balaban J connectivity index is 0.00000144. The van der Waals surface area contributed by atoms with E-state index in [1.165, 1.54) is 0 Å². The van der Waals surface area contributed by atoms with Gasteiger partial charge in [-0.2, -0.15) is 0 Å². The van der Waals surface area contributed by atoms with E-state index in [-0.39, 0.29) is 18.3 Å². The van der Waals surface area contributed by atoms with Crippen molar-refractivity contribution in [1.82, 2.24) is 4.90 Å². The molecule has 1 aromatic carbocycles. The number of likely N-dealkylation sites (N-methyl/N-ethyl adjacent to an activating group) is 1. The Hall–Kier alpha value is -0.580. The second kappa shape index (κ2) is 5.38. The Bertz CT molecular complexity index is 421. The smallest absolute Gasteiger partial charge is 0.242 e. The Morgan fingerprint density at radius 2 is 2.18 bits per heavy atom. The van der Waals surface area contributed by atoms with E-state index in [1.54, 1.807) is 11.9 Å². The Morgan fingerprint density at radius 1 is 1.53 bits per heavy atom. The molecule has 5 heteroatoms. The predicted octanol–water partition coefficient (Wildman–Crippen LogP) is 2.32. The predicted molar refractivity (Wildman–Crippen MR) is 74.0 cm³/mol. The molecule has 0 spiro atoms. The first-order chi connectivity index (χ1) is 7.51. The molecule has 2 rings (SSSR count). The summed E-state index contributed by atoms with van der Waals surface area (Å²) in [5.74, 6) is 0.0486. The first-order valence-electron chi connectivity index (χ1n) is 5.30. The number of carbonyl (C=O) groups excluding carboxylic acids is 1. The Labute approximate surface area is 116 Å². The minimum absolute atomic E-state index is 0.